The fourth-order valence-corrected chi connectivity index (χ4v) is 3.49. The summed E-state index contributed by atoms with van der Waals surface area (Å²) in [6, 6.07) is 14.1. The lowest BCUT2D eigenvalue weighted by Crippen LogP contribution is -2.39. The van der Waals surface area contributed by atoms with Gasteiger partial charge in [-0.3, -0.25) is 0 Å². The summed E-state index contributed by atoms with van der Waals surface area (Å²) < 4.78 is 11.8. The number of hydrogen-bond donors (Lipinski definition) is 3. The van der Waals surface area contributed by atoms with Crippen molar-refractivity contribution in [1.82, 2.24) is 10.6 Å². The smallest absolute Gasteiger partial charge is 0.191 e. The van der Waals surface area contributed by atoms with Gasteiger partial charge in [-0.1, -0.05) is 42.0 Å². The van der Waals surface area contributed by atoms with Crippen molar-refractivity contribution in [2.75, 3.05) is 26.3 Å². The van der Waals surface area contributed by atoms with Crippen LogP contribution >= 0.6 is 0 Å². The van der Waals surface area contributed by atoms with Crippen molar-refractivity contribution in [2.24, 2.45) is 4.99 Å². The Balaban J connectivity index is 1.61. The van der Waals surface area contributed by atoms with E-state index < -0.39 is 6.10 Å². The molecule has 1 fully saturated rings. The minimum atomic E-state index is -0.603. The maximum absolute atomic E-state index is 10.5. The third-order valence-corrected chi connectivity index (χ3v) is 5.35. The molecule has 3 rings (SSSR count). The first kappa shape index (κ1) is 23.1. The second-order valence-electron chi connectivity index (χ2n) is 8.06. The van der Waals surface area contributed by atoms with Crippen LogP contribution in [0.15, 0.2) is 47.5 Å². The number of nitrogens with zero attached hydrogens (tertiary/aromatic N) is 1. The number of aliphatic hydroxyl groups excluding tert-OH is 1. The zero-order valence-electron chi connectivity index (χ0n) is 18.9. The minimum absolute atomic E-state index is 0.180. The molecule has 0 aromatic heterocycles. The van der Waals surface area contributed by atoms with Crippen molar-refractivity contribution in [3.63, 3.8) is 0 Å². The molecular weight excluding hydrogens is 390 g/mol. The summed E-state index contributed by atoms with van der Waals surface area (Å²) in [5.74, 6) is 1.52. The standard InChI is InChI=1S/C25H35N3O3/c1-4-26-25(28-16-23(29)20-10-7-18(2)8-11-20)27-15-21-12-9-19(3)14-24(21)31-17-22-6-5-13-30-22/h7-12,14,22-23,29H,4-6,13,15-17H2,1-3H3,(H2,26,27,28). The van der Waals surface area contributed by atoms with Gasteiger partial charge in [-0.2, -0.15) is 0 Å². The van der Waals surface area contributed by atoms with Gasteiger partial charge in [0.25, 0.3) is 0 Å². The quantitative estimate of drug-likeness (QED) is 0.422. The van der Waals surface area contributed by atoms with Gasteiger partial charge < -0.3 is 25.2 Å². The van der Waals surface area contributed by atoms with E-state index in [0.717, 1.165) is 48.4 Å². The van der Waals surface area contributed by atoms with E-state index in [0.29, 0.717) is 25.7 Å². The van der Waals surface area contributed by atoms with Crippen molar-refractivity contribution in [3.05, 3.63) is 64.7 Å². The zero-order chi connectivity index (χ0) is 22.1. The maximum atomic E-state index is 10.5. The molecule has 2 aromatic carbocycles. The van der Waals surface area contributed by atoms with Crippen LogP contribution in [0.1, 0.15) is 48.1 Å². The Morgan fingerprint density at radius 1 is 1.16 bits per heavy atom. The van der Waals surface area contributed by atoms with E-state index in [4.69, 9.17) is 14.5 Å². The third-order valence-electron chi connectivity index (χ3n) is 5.35. The average Bonchev–Trinajstić information content (AvgIpc) is 3.29. The summed E-state index contributed by atoms with van der Waals surface area (Å²) in [6.45, 7) is 9.12. The lowest BCUT2D eigenvalue weighted by Gasteiger charge is -2.17. The molecule has 6 heteroatoms. The van der Waals surface area contributed by atoms with Crippen molar-refractivity contribution in [3.8, 4) is 5.75 Å². The molecule has 6 nitrogen and oxygen atoms in total. The molecule has 2 aromatic rings. The predicted molar refractivity (Wildman–Crippen MR) is 125 cm³/mol. The van der Waals surface area contributed by atoms with E-state index in [9.17, 15) is 5.11 Å². The highest BCUT2D eigenvalue weighted by molar-refractivity contribution is 5.79. The van der Waals surface area contributed by atoms with Gasteiger partial charge in [0.15, 0.2) is 5.96 Å². The molecule has 3 N–H and O–H groups in total. The van der Waals surface area contributed by atoms with Crippen molar-refractivity contribution in [2.45, 2.75) is 52.4 Å². The second-order valence-corrected chi connectivity index (χ2v) is 8.06. The van der Waals surface area contributed by atoms with Crippen LogP contribution in [-0.2, 0) is 11.3 Å². The summed E-state index contributed by atoms with van der Waals surface area (Å²) in [5, 5.41) is 17.0. The molecular formula is C25H35N3O3. The molecule has 0 saturated carbocycles. The minimum Gasteiger partial charge on any atom is -0.491 e. The molecule has 168 valence electrons. The first-order valence-corrected chi connectivity index (χ1v) is 11.2. The monoisotopic (exact) mass is 425 g/mol. The summed E-state index contributed by atoms with van der Waals surface area (Å²) in [6.07, 6.45) is 1.73. The molecule has 0 radical (unpaired) electrons. The SMILES string of the molecule is CCNC(=NCc1ccc(C)cc1OCC1CCCO1)NCC(O)c1ccc(C)cc1. The molecule has 0 aliphatic carbocycles. The highest BCUT2D eigenvalue weighted by Crippen LogP contribution is 2.23. The van der Waals surface area contributed by atoms with Crippen molar-refractivity contribution < 1.29 is 14.6 Å². The van der Waals surface area contributed by atoms with E-state index in [-0.39, 0.29) is 6.10 Å². The predicted octanol–water partition coefficient (Wildman–Crippen LogP) is 3.65. The molecule has 1 saturated heterocycles. The van der Waals surface area contributed by atoms with Crippen LogP contribution in [0.5, 0.6) is 5.75 Å². The molecule has 0 spiro atoms. The lowest BCUT2D eigenvalue weighted by atomic mass is 10.1. The number of hydrogen-bond acceptors (Lipinski definition) is 4. The third kappa shape index (κ3) is 7.26. The molecule has 1 aliphatic rings. The van der Waals surface area contributed by atoms with Crippen LogP contribution in [0, 0.1) is 13.8 Å². The fourth-order valence-electron chi connectivity index (χ4n) is 3.49. The molecule has 1 heterocycles. The molecule has 2 unspecified atom stereocenters. The van der Waals surface area contributed by atoms with Gasteiger partial charge in [0.2, 0.25) is 0 Å². The Hall–Kier alpha value is -2.57. The summed E-state index contributed by atoms with van der Waals surface area (Å²) in [4.78, 5) is 4.71. The lowest BCUT2D eigenvalue weighted by molar-refractivity contribution is 0.0676. The number of nitrogens with one attached hydrogen (secondary N) is 2. The van der Waals surface area contributed by atoms with Crippen LogP contribution < -0.4 is 15.4 Å². The van der Waals surface area contributed by atoms with Crippen molar-refractivity contribution >= 4 is 5.96 Å². The first-order chi connectivity index (χ1) is 15.0. The zero-order valence-corrected chi connectivity index (χ0v) is 18.9. The topological polar surface area (TPSA) is 75.1 Å². The van der Waals surface area contributed by atoms with Crippen LogP contribution in [0.3, 0.4) is 0 Å². The Morgan fingerprint density at radius 3 is 2.65 bits per heavy atom. The van der Waals surface area contributed by atoms with Crippen molar-refractivity contribution in [1.29, 1.82) is 0 Å². The van der Waals surface area contributed by atoms with Gasteiger partial charge in [0.05, 0.1) is 18.8 Å². The molecule has 0 bridgehead atoms. The summed E-state index contributed by atoms with van der Waals surface area (Å²) in [5.41, 5.74) is 4.24. The van der Waals surface area contributed by atoms with Crippen LogP contribution in [0.4, 0.5) is 0 Å². The summed E-state index contributed by atoms with van der Waals surface area (Å²) in [7, 11) is 0. The maximum Gasteiger partial charge on any atom is 0.191 e. The Morgan fingerprint density at radius 2 is 1.94 bits per heavy atom. The summed E-state index contributed by atoms with van der Waals surface area (Å²) >= 11 is 0. The van der Waals surface area contributed by atoms with Crippen LogP contribution in [0.2, 0.25) is 0 Å². The van der Waals surface area contributed by atoms with Gasteiger partial charge in [-0.05, 0) is 50.8 Å². The Kier molecular flexibility index (Phi) is 8.74. The number of rotatable bonds is 9. The number of aliphatic imine (C=N–C) groups is 1. The number of aliphatic hydroxyl groups is 1. The fraction of sp³-hybridized carbons (Fsp3) is 0.480. The van der Waals surface area contributed by atoms with E-state index in [1.165, 1.54) is 5.56 Å². The average molecular weight is 426 g/mol. The second kappa shape index (κ2) is 11.7. The van der Waals surface area contributed by atoms with Gasteiger partial charge in [0.1, 0.15) is 12.4 Å². The van der Waals surface area contributed by atoms with Gasteiger partial charge in [-0.25, -0.2) is 4.99 Å². The normalized spacial score (nSPS) is 17.4. The number of aryl methyl sites for hydroxylation is 2. The van der Waals surface area contributed by atoms with E-state index >= 15 is 0 Å². The highest BCUT2D eigenvalue weighted by atomic mass is 16.5. The van der Waals surface area contributed by atoms with Crippen LogP contribution in [0.25, 0.3) is 0 Å². The molecule has 31 heavy (non-hydrogen) atoms. The van der Waals surface area contributed by atoms with E-state index in [1.807, 2.05) is 38.1 Å². The van der Waals surface area contributed by atoms with E-state index in [1.54, 1.807) is 0 Å². The van der Waals surface area contributed by atoms with Gasteiger partial charge >= 0.3 is 0 Å². The Bertz CT molecular complexity index is 846. The number of benzene rings is 2. The number of guanidine groups is 1. The van der Waals surface area contributed by atoms with Crippen LogP contribution in [-0.4, -0.2) is 43.5 Å². The molecule has 2 atom stereocenters. The first-order valence-electron chi connectivity index (χ1n) is 11.2. The largest absolute Gasteiger partial charge is 0.491 e. The Labute approximate surface area is 185 Å². The van der Waals surface area contributed by atoms with Gasteiger partial charge in [-0.15, -0.1) is 0 Å². The van der Waals surface area contributed by atoms with E-state index in [2.05, 4.69) is 35.8 Å². The molecule has 0 amide bonds. The number of ether oxygens (including phenoxy) is 2. The van der Waals surface area contributed by atoms with Gasteiger partial charge in [0, 0.05) is 25.3 Å². The molecule has 1 aliphatic heterocycles. The highest BCUT2D eigenvalue weighted by Gasteiger charge is 2.17.